The number of rotatable bonds is 7. The molecule has 1 heterocycles. The van der Waals surface area contributed by atoms with Gasteiger partial charge in [-0.1, -0.05) is 60.1 Å². The minimum Gasteiger partial charge on any atom is -0.492 e. The lowest BCUT2D eigenvalue weighted by molar-refractivity contribution is -0.150. The van der Waals surface area contributed by atoms with Gasteiger partial charge in [0.05, 0.1) is 35.4 Å². The molecule has 0 saturated carbocycles. The van der Waals surface area contributed by atoms with Crippen LogP contribution in [0, 0.1) is 17.2 Å². The number of hydrogen-bond donors (Lipinski definition) is 1. The number of halogens is 1. The van der Waals surface area contributed by atoms with Crippen molar-refractivity contribution in [3.63, 3.8) is 0 Å². The Bertz CT molecular complexity index is 1360. The molecule has 1 aliphatic rings. The Balaban J connectivity index is 1.71. The average Bonchev–Trinajstić information content (AvgIpc) is 2.87. The van der Waals surface area contributed by atoms with E-state index in [0.29, 0.717) is 33.7 Å². The molecular weight excluding hydrogens is 484 g/mol. The summed E-state index contributed by atoms with van der Waals surface area (Å²) in [6, 6.07) is 21.5. The van der Waals surface area contributed by atoms with Crippen LogP contribution in [0.2, 0.25) is 5.02 Å². The van der Waals surface area contributed by atoms with Crippen LogP contribution in [0.4, 0.5) is 0 Å². The van der Waals surface area contributed by atoms with Crippen molar-refractivity contribution in [2.45, 2.75) is 18.6 Å². The highest BCUT2D eigenvalue weighted by atomic mass is 35.5. The fraction of sp³-hybridized carbons (Fsp3) is 0.222. The van der Waals surface area contributed by atoms with Crippen molar-refractivity contribution >= 4 is 46.0 Å². The lowest BCUT2D eigenvalue weighted by Gasteiger charge is -2.31. The molecule has 1 N–H and O–H groups in total. The van der Waals surface area contributed by atoms with Gasteiger partial charge < -0.3 is 14.8 Å². The van der Waals surface area contributed by atoms with E-state index < -0.39 is 23.7 Å². The van der Waals surface area contributed by atoms with Gasteiger partial charge in [0.2, 0.25) is 5.91 Å². The minimum absolute atomic E-state index is 0.283. The van der Waals surface area contributed by atoms with Gasteiger partial charge in [-0.2, -0.15) is 5.26 Å². The van der Waals surface area contributed by atoms with Crippen LogP contribution in [0.1, 0.15) is 24.0 Å². The van der Waals surface area contributed by atoms with Gasteiger partial charge in [0.15, 0.2) is 0 Å². The average molecular weight is 507 g/mol. The quantitative estimate of drug-likeness (QED) is 0.333. The summed E-state index contributed by atoms with van der Waals surface area (Å²) in [6.07, 6.45) is 0. The Kier molecular flexibility index (Phi) is 7.64. The van der Waals surface area contributed by atoms with Crippen LogP contribution >= 0.6 is 23.4 Å². The number of carbonyl (C=O) groups is 2. The molecule has 0 spiro atoms. The van der Waals surface area contributed by atoms with Gasteiger partial charge in [-0.3, -0.25) is 9.59 Å². The van der Waals surface area contributed by atoms with Gasteiger partial charge in [-0.15, -0.1) is 11.8 Å². The molecule has 4 rings (SSSR count). The van der Waals surface area contributed by atoms with E-state index in [0.717, 1.165) is 16.3 Å². The summed E-state index contributed by atoms with van der Waals surface area (Å²) in [5, 5.41) is 15.9. The summed E-state index contributed by atoms with van der Waals surface area (Å²) < 4.78 is 10.4. The summed E-state index contributed by atoms with van der Waals surface area (Å²) >= 11 is 7.74. The number of hydrogen-bond acceptors (Lipinski definition) is 6. The number of nitrogens with one attached hydrogen (secondary N) is 1. The number of nitrogens with zero attached hydrogens (tertiary/aromatic N) is 1. The number of thioether (sulfide) groups is 1. The maximum atomic E-state index is 13.1. The molecule has 35 heavy (non-hydrogen) atoms. The molecule has 0 fully saturated rings. The van der Waals surface area contributed by atoms with Crippen LogP contribution in [-0.4, -0.2) is 25.6 Å². The zero-order valence-electron chi connectivity index (χ0n) is 19.2. The standard InChI is InChI=1S/C27H23ClN2O4S/c1-3-34-22-11-10-19(13-21(22)28)23-20(14-29)26(30-25(31)24(23)27(32)33-2)35-15-16-8-9-17-6-4-5-7-18(17)12-16/h4-13,23-24H,3,15H2,1-2H3,(H,30,31)/t23-,24-/m1/s1. The first-order valence-electron chi connectivity index (χ1n) is 11.0. The van der Waals surface area contributed by atoms with Crippen molar-refractivity contribution < 1.29 is 19.1 Å². The first-order valence-corrected chi connectivity index (χ1v) is 12.4. The van der Waals surface area contributed by atoms with Gasteiger partial charge in [0, 0.05) is 11.7 Å². The molecule has 0 aromatic heterocycles. The Morgan fingerprint density at radius 3 is 2.60 bits per heavy atom. The lowest BCUT2D eigenvalue weighted by atomic mass is 9.78. The first kappa shape index (κ1) is 24.6. The number of carbonyl (C=O) groups excluding carboxylic acids is 2. The Labute approximate surface area is 212 Å². The number of methoxy groups -OCH3 is 1. The molecule has 6 nitrogen and oxygen atoms in total. The second-order valence-electron chi connectivity index (χ2n) is 7.92. The van der Waals surface area contributed by atoms with Crippen LogP contribution < -0.4 is 10.1 Å². The zero-order valence-corrected chi connectivity index (χ0v) is 20.8. The van der Waals surface area contributed by atoms with Crippen LogP contribution in [0.15, 0.2) is 71.3 Å². The molecule has 1 aliphatic heterocycles. The Morgan fingerprint density at radius 2 is 1.91 bits per heavy atom. The fourth-order valence-corrected chi connectivity index (χ4v) is 5.38. The Morgan fingerprint density at radius 1 is 1.14 bits per heavy atom. The van der Waals surface area contributed by atoms with E-state index >= 15 is 0 Å². The minimum atomic E-state index is -1.21. The number of allylic oxidation sites excluding steroid dienone is 1. The Hall–Kier alpha value is -3.47. The molecule has 0 saturated heterocycles. The van der Waals surface area contributed by atoms with E-state index in [1.54, 1.807) is 18.2 Å². The van der Waals surface area contributed by atoms with E-state index in [2.05, 4.69) is 17.5 Å². The lowest BCUT2D eigenvalue weighted by Crippen LogP contribution is -2.44. The molecule has 0 unspecified atom stereocenters. The SMILES string of the molecule is CCOc1ccc([C@@H]2C(C#N)=C(SCc3ccc4ccccc4c3)NC(=O)[C@@H]2C(=O)OC)cc1Cl. The first-order chi connectivity index (χ1) is 17.0. The predicted octanol–water partition coefficient (Wildman–Crippen LogP) is 5.56. The monoisotopic (exact) mass is 506 g/mol. The number of benzene rings is 3. The number of ether oxygens (including phenoxy) is 2. The maximum Gasteiger partial charge on any atom is 0.319 e. The molecule has 0 radical (unpaired) electrons. The van der Waals surface area contributed by atoms with E-state index in [1.807, 2.05) is 43.3 Å². The molecular formula is C27H23ClN2O4S. The molecule has 3 aromatic rings. The predicted molar refractivity (Wildman–Crippen MR) is 137 cm³/mol. The molecule has 178 valence electrons. The number of nitriles is 1. The van der Waals surface area contributed by atoms with Crippen LogP contribution in [0.5, 0.6) is 5.75 Å². The topological polar surface area (TPSA) is 88.4 Å². The second kappa shape index (κ2) is 10.9. The largest absolute Gasteiger partial charge is 0.492 e. The van der Waals surface area contributed by atoms with Crippen LogP contribution in [0.25, 0.3) is 10.8 Å². The van der Waals surface area contributed by atoms with Crippen LogP contribution in [-0.2, 0) is 20.1 Å². The van der Waals surface area contributed by atoms with Gasteiger partial charge in [-0.25, -0.2) is 0 Å². The maximum absolute atomic E-state index is 13.1. The number of amides is 1. The summed E-state index contributed by atoms with van der Waals surface area (Å²) in [7, 11) is 1.22. The van der Waals surface area contributed by atoms with Crippen molar-refractivity contribution in [1.29, 1.82) is 5.26 Å². The summed E-state index contributed by atoms with van der Waals surface area (Å²) in [6.45, 7) is 2.28. The third-order valence-electron chi connectivity index (χ3n) is 5.80. The van der Waals surface area contributed by atoms with Gasteiger partial charge in [-0.05, 0) is 41.0 Å². The summed E-state index contributed by atoms with van der Waals surface area (Å²) in [5.74, 6) is -2.27. The van der Waals surface area contributed by atoms with Crippen molar-refractivity contribution in [3.8, 4) is 11.8 Å². The highest BCUT2D eigenvalue weighted by Gasteiger charge is 2.44. The second-order valence-corrected chi connectivity index (χ2v) is 9.31. The van der Waals surface area contributed by atoms with Crippen molar-refractivity contribution in [1.82, 2.24) is 5.32 Å². The molecule has 3 aromatic carbocycles. The fourth-order valence-electron chi connectivity index (χ4n) is 4.15. The van der Waals surface area contributed by atoms with E-state index in [1.165, 1.54) is 18.9 Å². The smallest absolute Gasteiger partial charge is 0.319 e. The molecule has 2 atom stereocenters. The van der Waals surface area contributed by atoms with Gasteiger partial charge in [0.25, 0.3) is 0 Å². The van der Waals surface area contributed by atoms with Gasteiger partial charge >= 0.3 is 5.97 Å². The van der Waals surface area contributed by atoms with Crippen LogP contribution in [0.3, 0.4) is 0 Å². The van der Waals surface area contributed by atoms with E-state index in [4.69, 9.17) is 21.1 Å². The van der Waals surface area contributed by atoms with Crippen molar-refractivity contribution in [3.05, 3.63) is 87.4 Å². The van der Waals surface area contributed by atoms with Gasteiger partial charge in [0.1, 0.15) is 11.7 Å². The third kappa shape index (κ3) is 5.14. The molecule has 1 amide bonds. The molecule has 0 aliphatic carbocycles. The molecule has 8 heteroatoms. The van der Waals surface area contributed by atoms with Crippen molar-refractivity contribution in [2.75, 3.05) is 13.7 Å². The zero-order chi connectivity index (χ0) is 24.9. The van der Waals surface area contributed by atoms with E-state index in [9.17, 15) is 14.9 Å². The summed E-state index contributed by atoms with van der Waals surface area (Å²) in [5.41, 5.74) is 1.89. The summed E-state index contributed by atoms with van der Waals surface area (Å²) in [4.78, 5) is 25.7. The number of fused-ring (bicyclic) bond motifs is 1. The number of esters is 1. The van der Waals surface area contributed by atoms with E-state index in [-0.39, 0.29) is 5.57 Å². The normalized spacial score (nSPS) is 17.6. The highest BCUT2D eigenvalue weighted by molar-refractivity contribution is 8.02. The third-order valence-corrected chi connectivity index (χ3v) is 7.18. The molecule has 0 bridgehead atoms. The van der Waals surface area contributed by atoms with Crippen molar-refractivity contribution in [2.24, 2.45) is 5.92 Å². The highest BCUT2D eigenvalue weighted by Crippen LogP contribution is 2.42.